The highest BCUT2D eigenvalue weighted by Gasteiger charge is 2.13. The average Bonchev–Trinajstić information content (AvgIpc) is 3.15. The predicted octanol–water partition coefficient (Wildman–Crippen LogP) is 7.57. The van der Waals surface area contributed by atoms with Crippen LogP contribution >= 0.6 is 11.6 Å². The van der Waals surface area contributed by atoms with Crippen LogP contribution in [0.1, 0.15) is 6.85 Å². The number of furan rings is 1. The SMILES string of the molecule is [2H]c1c([2H])c([2H])c(-c2ccc3oc4c(-c5ccc(Cl)cc5)cccc4c3c2)c([2H])c1[2H]. The number of benzene rings is 4. The number of fused-ring (bicyclic) bond motifs is 3. The molecule has 0 radical (unpaired) electrons. The van der Waals surface area contributed by atoms with E-state index in [0.717, 1.165) is 27.5 Å². The Morgan fingerprint density at radius 1 is 0.731 bits per heavy atom. The second-order valence-electron chi connectivity index (χ2n) is 6.00. The summed E-state index contributed by atoms with van der Waals surface area (Å²) in [6.45, 7) is 0. The van der Waals surface area contributed by atoms with Crippen LogP contribution in [0.2, 0.25) is 5.02 Å². The van der Waals surface area contributed by atoms with E-state index in [1.807, 2.05) is 48.5 Å². The quantitative estimate of drug-likeness (QED) is 0.316. The highest BCUT2D eigenvalue weighted by Crippen LogP contribution is 2.37. The van der Waals surface area contributed by atoms with Gasteiger partial charge >= 0.3 is 0 Å². The lowest BCUT2D eigenvalue weighted by atomic mass is 10.0. The van der Waals surface area contributed by atoms with E-state index in [-0.39, 0.29) is 29.7 Å². The Bertz CT molecular complexity index is 1460. The molecule has 26 heavy (non-hydrogen) atoms. The third kappa shape index (κ3) is 2.49. The van der Waals surface area contributed by atoms with Gasteiger partial charge in [-0.3, -0.25) is 0 Å². The standard InChI is InChI=1S/C24H15ClO/c25-19-12-9-17(10-13-19)20-7-4-8-21-22-15-18(16-5-2-1-3-6-16)11-14-23(22)26-24(20)21/h1-15H/i1D,2D,3D,5D,6D. The molecule has 0 aliphatic heterocycles. The van der Waals surface area contributed by atoms with Crippen LogP contribution in [0.3, 0.4) is 0 Å². The van der Waals surface area contributed by atoms with E-state index in [2.05, 4.69) is 0 Å². The molecule has 1 heterocycles. The molecule has 0 N–H and O–H groups in total. The first-order valence-electron chi connectivity index (χ1n) is 10.7. The molecule has 1 nitrogen and oxygen atoms in total. The van der Waals surface area contributed by atoms with Crippen LogP contribution in [-0.2, 0) is 0 Å². The Balaban J connectivity index is 1.76. The average molecular weight is 360 g/mol. The Morgan fingerprint density at radius 3 is 2.31 bits per heavy atom. The van der Waals surface area contributed by atoms with Crippen molar-refractivity contribution in [2.75, 3.05) is 0 Å². The van der Waals surface area contributed by atoms with Gasteiger partial charge in [0.15, 0.2) is 0 Å². The van der Waals surface area contributed by atoms with Crippen LogP contribution in [0.4, 0.5) is 0 Å². The van der Waals surface area contributed by atoms with Gasteiger partial charge in [-0.15, -0.1) is 0 Å². The van der Waals surface area contributed by atoms with E-state index in [1.54, 1.807) is 12.1 Å². The minimum Gasteiger partial charge on any atom is -0.455 e. The van der Waals surface area contributed by atoms with Gasteiger partial charge in [0.1, 0.15) is 11.2 Å². The molecule has 2 heteroatoms. The minimum absolute atomic E-state index is 0.177. The number of para-hydroxylation sites is 1. The highest BCUT2D eigenvalue weighted by atomic mass is 35.5. The molecule has 0 unspecified atom stereocenters. The third-order valence-corrected chi connectivity index (χ3v) is 4.69. The number of hydrogen-bond donors (Lipinski definition) is 0. The van der Waals surface area contributed by atoms with Crippen LogP contribution in [0, 0.1) is 0 Å². The molecule has 5 aromatic rings. The van der Waals surface area contributed by atoms with Crippen molar-refractivity contribution in [2.24, 2.45) is 0 Å². The van der Waals surface area contributed by atoms with Gasteiger partial charge < -0.3 is 4.42 Å². The molecule has 0 atom stereocenters. The van der Waals surface area contributed by atoms with E-state index >= 15 is 0 Å². The summed E-state index contributed by atoms with van der Waals surface area (Å²) in [5.74, 6) is 0. The summed E-state index contributed by atoms with van der Waals surface area (Å²) >= 11 is 6.02. The molecule has 0 spiro atoms. The van der Waals surface area contributed by atoms with Crippen molar-refractivity contribution in [3.05, 3.63) is 95.9 Å². The second-order valence-corrected chi connectivity index (χ2v) is 6.44. The Morgan fingerprint density at radius 2 is 1.50 bits per heavy atom. The summed E-state index contributed by atoms with van der Waals surface area (Å²) in [7, 11) is 0. The maximum atomic E-state index is 8.26. The van der Waals surface area contributed by atoms with E-state index < -0.39 is 6.04 Å². The Labute approximate surface area is 163 Å². The maximum absolute atomic E-state index is 8.26. The predicted molar refractivity (Wildman–Crippen MR) is 110 cm³/mol. The molecular weight excluding hydrogens is 340 g/mol. The molecule has 0 bridgehead atoms. The zero-order chi connectivity index (χ0) is 21.9. The summed E-state index contributed by atoms with van der Waals surface area (Å²) in [5, 5.41) is 2.36. The molecule has 0 saturated heterocycles. The van der Waals surface area contributed by atoms with Gasteiger partial charge in [-0.25, -0.2) is 0 Å². The Kier molecular flexibility index (Phi) is 2.52. The van der Waals surface area contributed by atoms with Crippen molar-refractivity contribution in [1.82, 2.24) is 0 Å². The van der Waals surface area contributed by atoms with Crippen molar-refractivity contribution in [2.45, 2.75) is 0 Å². The lowest BCUT2D eigenvalue weighted by Crippen LogP contribution is -1.78. The van der Waals surface area contributed by atoms with E-state index in [1.165, 1.54) is 0 Å². The van der Waals surface area contributed by atoms with Crippen molar-refractivity contribution in [3.63, 3.8) is 0 Å². The van der Waals surface area contributed by atoms with E-state index in [4.69, 9.17) is 22.9 Å². The first-order chi connectivity index (χ1) is 14.9. The van der Waals surface area contributed by atoms with E-state index in [9.17, 15) is 0 Å². The second kappa shape index (κ2) is 6.05. The largest absolute Gasteiger partial charge is 0.455 e. The number of halogens is 1. The summed E-state index contributed by atoms with van der Waals surface area (Å²) in [6.07, 6.45) is 0. The monoisotopic (exact) mass is 359 g/mol. The molecule has 0 amide bonds. The summed E-state index contributed by atoms with van der Waals surface area (Å²) in [4.78, 5) is 0. The summed E-state index contributed by atoms with van der Waals surface area (Å²) in [5.41, 5.74) is 4.00. The van der Waals surface area contributed by atoms with E-state index in [0.29, 0.717) is 16.2 Å². The molecule has 124 valence electrons. The van der Waals surface area contributed by atoms with Crippen molar-refractivity contribution >= 4 is 33.5 Å². The first-order valence-corrected chi connectivity index (χ1v) is 8.53. The zero-order valence-corrected chi connectivity index (χ0v) is 14.3. The van der Waals surface area contributed by atoms with Gasteiger partial charge in [-0.1, -0.05) is 78.2 Å². The lowest BCUT2D eigenvalue weighted by Gasteiger charge is -2.03. The van der Waals surface area contributed by atoms with Gasteiger partial charge in [0, 0.05) is 21.4 Å². The molecular formula is C24H15ClO. The number of rotatable bonds is 2. The van der Waals surface area contributed by atoms with Crippen molar-refractivity contribution in [1.29, 1.82) is 0 Å². The van der Waals surface area contributed by atoms with Crippen molar-refractivity contribution < 1.29 is 11.3 Å². The van der Waals surface area contributed by atoms with Gasteiger partial charge in [0.2, 0.25) is 0 Å². The molecule has 0 aliphatic rings. The Hall–Kier alpha value is -3.03. The highest BCUT2D eigenvalue weighted by molar-refractivity contribution is 6.30. The molecule has 0 aliphatic carbocycles. The minimum atomic E-state index is -0.402. The fourth-order valence-electron chi connectivity index (χ4n) is 3.21. The van der Waals surface area contributed by atoms with Crippen LogP contribution in [-0.4, -0.2) is 0 Å². The smallest absolute Gasteiger partial charge is 0.143 e. The normalized spacial score (nSPS) is 14.0. The molecule has 5 rings (SSSR count). The fraction of sp³-hybridized carbons (Fsp3) is 0. The number of hydrogen-bond acceptors (Lipinski definition) is 1. The van der Waals surface area contributed by atoms with Gasteiger partial charge in [-0.2, -0.15) is 0 Å². The van der Waals surface area contributed by atoms with Gasteiger partial charge in [0.25, 0.3) is 0 Å². The molecule has 4 aromatic carbocycles. The van der Waals surface area contributed by atoms with Crippen LogP contribution in [0.5, 0.6) is 0 Å². The van der Waals surface area contributed by atoms with Crippen LogP contribution in [0.15, 0.2) is 95.3 Å². The zero-order valence-electron chi connectivity index (χ0n) is 18.6. The van der Waals surface area contributed by atoms with Crippen LogP contribution < -0.4 is 0 Å². The summed E-state index contributed by atoms with van der Waals surface area (Å²) in [6, 6.07) is 17.2. The first kappa shape index (κ1) is 10.8. The molecule has 0 fully saturated rings. The van der Waals surface area contributed by atoms with Gasteiger partial charge in [-0.05, 0) is 41.0 Å². The molecule has 0 saturated carbocycles. The van der Waals surface area contributed by atoms with Gasteiger partial charge in [0.05, 0.1) is 6.85 Å². The van der Waals surface area contributed by atoms with Crippen LogP contribution in [0.25, 0.3) is 44.2 Å². The van der Waals surface area contributed by atoms with Crippen molar-refractivity contribution in [3.8, 4) is 22.3 Å². The fourth-order valence-corrected chi connectivity index (χ4v) is 3.33. The maximum Gasteiger partial charge on any atom is 0.143 e. The molecule has 1 aromatic heterocycles. The topological polar surface area (TPSA) is 13.1 Å². The lowest BCUT2D eigenvalue weighted by molar-refractivity contribution is 0.670. The summed E-state index contributed by atoms with van der Waals surface area (Å²) < 4.78 is 46.4. The third-order valence-electron chi connectivity index (χ3n) is 4.44.